The number of anilines is 2. The highest BCUT2D eigenvalue weighted by molar-refractivity contribution is 6.32. The summed E-state index contributed by atoms with van der Waals surface area (Å²) in [5.74, 6) is -1.13. The van der Waals surface area contributed by atoms with E-state index in [-0.39, 0.29) is 17.0 Å². The van der Waals surface area contributed by atoms with Crippen molar-refractivity contribution in [3.8, 4) is 11.8 Å². The number of benzene rings is 3. The Morgan fingerprint density at radius 2 is 1.86 bits per heavy atom. The van der Waals surface area contributed by atoms with E-state index < -0.39 is 11.8 Å². The molecule has 6 heteroatoms. The second kappa shape index (κ2) is 8.26. The maximum atomic E-state index is 12.6. The van der Waals surface area contributed by atoms with Crippen molar-refractivity contribution < 1.29 is 9.90 Å². The lowest BCUT2D eigenvalue weighted by Crippen LogP contribution is -2.15. The summed E-state index contributed by atoms with van der Waals surface area (Å²) in [7, 11) is 0. The van der Waals surface area contributed by atoms with Crippen molar-refractivity contribution in [3.05, 3.63) is 87.4 Å². The molecule has 5 nitrogen and oxygen atoms in total. The number of hydrogen-bond donors (Lipinski definition) is 3. The van der Waals surface area contributed by atoms with Crippen LogP contribution in [0, 0.1) is 25.2 Å². The Morgan fingerprint density at radius 3 is 2.52 bits per heavy atom. The third kappa shape index (κ3) is 4.18. The summed E-state index contributed by atoms with van der Waals surface area (Å²) in [6.45, 7) is 3.81. The maximum absolute atomic E-state index is 12.6. The van der Waals surface area contributed by atoms with Crippen LogP contribution in [0.2, 0.25) is 5.02 Å². The van der Waals surface area contributed by atoms with Crippen LogP contribution in [0.15, 0.2) is 54.6 Å². The Balaban J connectivity index is 1.93. The number of phenolic OH excluding ortho intramolecular Hbond substituents is 1. The minimum atomic E-state index is -0.520. The zero-order chi connectivity index (χ0) is 21.1. The minimum Gasteiger partial charge on any atom is -0.506 e. The number of hydrogen-bond acceptors (Lipinski definition) is 4. The van der Waals surface area contributed by atoms with Gasteiger partial charge in [-0.25, -0.2) is 0 Å². The molecule has 0 aliphatic heterocycles. The highest BCUT2D eigenvalue weighted by atomic mass is 35.5. The number of nitrogen functional groups attached to an aromatic ring is 1. The summed E-state index contributed by atoms with van der Waals surface area (Å²) in [4.78, 5) is 12.6. The first-order valence-corrected chi connectivity index (χ1v) is 9.34. The molecule has 4 N–H and O–H groups in total. The van der Waals surface area contributed by atoms with Gasteiger partial charge in [0.25, 0.3) is 5.91 Å². The highest BCUT2D eigenvalue weighted by Crippen LogP contribution is 2.34. The Morgan fingerprint density at radius 1 is 1.17 bits per heavy atom. The van der Waals surface area contributed by atoms with Gasteiger partial charge in [-0.05, 0) is 48.7 Å². The first kappa shape index (κ1) is 20.2. The van der Waals surface area contributed by atoms with Gasteiger partial charge < -0.3 is 16.2 Å². The quantitative estimate of drug-likeness (QED) is 0.412. The molecule has 29 heavy (non-hydrogen) atoms. The van der Waals surface area contributed by atoms with Gasteiger partial charge in [-0.1, -0.05) is 53.6 Å². The van der Waals surface area contributed by atoms with Gasteiger partial charge in [0.2, 0.25) is 0 Å². The molecule has 0 aliphatic carbocycles. The van der Waals surface area contributed by atoms with E-state index in [0.717, 1.165) is 16.7 Å². The number of nitrogens with zero attached hydrogens (tertiary/aromatic N) is 1. The zero-order valence-electron chi connectivity index (χ0n) is 16.0. The molecule has 0 radical (unpaired) electrons. The normalized spacial score (nSPS) is 11.5. The molecule has 0 saturated heterocycles. The van der Waals surface area contributed by atoms with E-state index in [9.17, 15) is 15.2 Å². The van der Waals surface area contributed by atoms with Gasteiger partial charge in [-0.3, -0.25) is 4.79 Å². The molecule has 1 atom stereocenters. The summed E-state index contributed by atoms with van der Waals surface area (Å²) in [5, 5.41) is 22.6. The molecule has 1 amide bonds. The number of nitrogens with one attached hydrogen (secondary N) is 1. The molecule has 0 saturated carbocycles. The van der Waals surface area contributed by atoms with E-state index in [4.69, 9.17) is 17.3 Å². The van der Waals surface area contributed by atoms with Crippen LogP contribution in [0.3, 0.4) is 0 Å². The largest absolute Gasteiger partial charge is 0.506 e. The lowest BCUT2D eigenvalue weighted by Gasteiger charge is -2.16. The third-order valence-corrected chi connectivity index (χ3v) is 5.10. The van der Waals surface area contributed by atoms with Gasteiger partial charge in [-0.15, -0.1) is 0 Å². The second-order valence-corrected chi connectivity index (χ2v) is 7.26. The molecule has 3 aromatic carbocycles. The van der Waals surface area contributed by atoms with E-state index in [1.807, 2.05) is 38.1 Å². The van der Waals surface area contributed by atoms with Gasteiger partial charge in [0.15, 0.2) is 0 Å². The molecule has 3 rings (SSSR count). The molecule has 0 spiro atoms. The third-order valence-electron chi connectivity index (χ3n) is 4.77. The van der Waals surface area contributed by atoms with Crippen molar-refractivity contribution in [1.29, 1.82) is 5.26 Å². The number of rotatable bonds is 4. The Bertz CT molecular complexity index is 1120. The molecule has 0 heterocycles. The predicted molar refractivity (Wildman–Crippen MR) is 115 cm³/mol. The Kier molecular flexibility index (Phi) is 5.76. The van der Waals surface area contributed by atoms with Gasteiger partial charge in [-0.2, -0.15) is 5.26 Å². The monoisotopic (exact) mass is 405 g/mol. The maximum Gasteiger partial charge on any atom is 0.257 e. The average molecular weight is 406 g/mol. The van der Waals surface area contributed by atoms with Crippen LogP contribution in [-0.4, -0.2) is 11.0 Å². The van der Waals surface area contributed by atoms with Crippen LogP contribution in [-0.2, 0) is 0 Å². The zero-order valence-corrected chi connectivity index (χ0v) is 16.8. The fourth-order valence-corrected chi connectivity index (χ4v) is 3.36. The summed E-state index contributed by atoms with van der Waals surface area (Å²) < 4.78 is 0. The predicted octanol–water partition coefficient (Wildman–Crippen LogP) is 5.15. The second-order valence-electron chi connectivity index (χ2n) is 6.85. The van der Waals surface area contributed by atoms with Gasteiger partial charge >= 0.3 is 0 Å². The lowest BCUT2D eigenvalue weighted by atomic mass is 9.90. The van der Waals surface area contributed by atoms with E-state index >= 15 is 0 Å². The highest BCUT2D eigenvalue weighted by Gasteiger charge is 2.20. The molecular formula is C23H20ClN3O2. The van der Waals surface area contributed by atoms with Crippen LogP contribution >= 0.6 is 11.6 Å². The van der Waals surface area contributed by atoms with Gasteiger partial charge in [0.05, 0.1) is 23.2 Å². The number of nitriles is 1. The van der Waals surface area contributed by atoms with E-state index in [1.54, 1.807) is 18.2 Å². The van der Waals surface area contributed by atoms with E-state index in [2.05, 4.69) is 11.4 Å². The van der Waals surface area contributed by atoms with Crippen LogP contribution < -0.4 is 11.1 Å². The van der Waals surface area contributed by atoms with Crippen LogP contribution in [0.4, 0.5) is 11.4 Å². The first-order chi connectivity index (χ1) is 13.8. The van der Waals surface area contributed by atoms with Crippen LogP contribution in [0.25, 0.3) is 0 Å². The SMILES string of the molecule is Cc1ccc(C(C#N)c2cc(C)c(NC(=O)c3cccc(O)c3N)cc2Cl)cc1. The smallest absolute Gasteiger partial charge is 0.257 e. The van der Waals surface area contributed by atoms with Crippen molar-refractivity contribution in [1.82, 2.24) is 0 Å². The van der Waals surface area contributed by atoms with Crippen molar-refractivity contribution in [3.63, 3.8) is 0 Å². The van der Waals surface area contributed by atoms with Gasteiger partial charge in [0.1, 0.15) is 5.75 Å². The van der Waals surface area contributed by atoms with Crippen LogP contribution in [0.1, 0.15) is 38.5 Å². The number of amides is 1. The molecule has 3 aromatic rings. The molecule has 0 aliphatic rings. The number of carbonyl (C=O) groups is 1. The number of para-hydroxylation sites is 1. The number of carbonyl (C=O) groups excluding carboxylic acids is 1. The van der Waals surface area contributed by atoms with E-state index in [1.165, 1.54) is 12.1 Å². The minimum absolute atomic E-state index is 0.00860. The molecule has 146 valence electrons. The lowest BCUT2D eigenvalue weighted by molar-refractivity contribution is 0.102. The summed E-state index contributed by atoms with van der Waals surface area (Å²) in [6.07, 6.45) is 0. The number of halogens is 1. The van der Waals surface area contributed by atoms with Crippen molar-refractivity contribution >= 4 is 28.9 Å². The topological polar surface area (TPSA) is 99.1 Å². The number of aryl methyl sites for hydroxylation is 2. The van der Waals surface area contributed by atoms with Crippen molar-refractivity contribution in [2.75, 3.05) is 11.1 Å². The van der Waals surface area contributed by atoms with E-state index in [0.29, 0.717) is 16.3 Å². The summed E-state index contributed by atoms with van der Waals surface area (Å²) >= 11 is 6.47. The van der Waals surface area contributed by atoms with Crippen molar-refractivity contribution in [2.45, 2.75) is 19.8 Å². The standard InChI is InChI=1S/C23H20ClN3O2/c1-13-6-8-15(9-7-13)18(12-25)17-10-14(2)20(11-19(17)24)27-23(29)16-4-3-5-21(28)22(16)26/h3-11,18,28H,26H2,1-2H3,(H,27,29). The number of phenols is 1. The average Bonchev–Trinajstić information content (AvgIpc) is 2.69. The first-order valence-electron chi connectivity index (χ1n) is 8.97. The fraction of sp³-hybridized carbons (Fsp3) is 0.130. The number of aromatic hydroxyl groups is 1. The fourth-order valence-electron chi connectivity index (χ4n) is 3.08. The molecule has 1 unspecified atom stereocenters. The summed E-state index contributed by atoms with van der Waals surface area (Å²) in [5.41, 5.74) is 9.85. The number of nitrogens with two attached hydrogens (primary N) is 1. The molecule has 0 bridgehead atoms. The Labute approximate surface area is 174 Å². The molecule has 0 aromatic heterocycles. The Hall–Kier alpha value is -3.49. The van der Waals surface area contributed by atoms with Crippen molar-refractivity contribution in [2.24, 2.45) is 0 Å². The molecular weight excluding hydrogens is 386 g/mol. The summed E-state index contributed by atoms with van der Waals surface area (Å²) in [6, 6.07) is 17.9. The molecule has 0 fully saturated rings. The van der Waals surface area contributed by atoms with Gasteiger partial charge in [0, 0.05) is 10.7 Å². The van der Waals surface area contributed by atoms with Crippen LogP contribution in [0.5, 0.6) is 5.75 Å².